The number of aryl methyl sites for hydroxylation is 1. The van der Waals surface area contributed by atoms with Crippen molar-refractivity contribution in [3.05, 3.63) is 41.6 Å². The zero-order valence-corrected chi connectivity index (χ0v) is 13.3. The number of nitrogens with zero attached hydrogens (tertiary/aromatic N) is 2. The van der Waals surface area contributed by atoms with E-state index in [4.69, 9.17) is 9.47 Å². The van der Waals surface area contributed by atoms with E-state index < -0.39 is 0 Å². The first-order valence-electron chi connectivity index (χ1n) is 8.25. The average Bonchev–Trinajstić information content (AvgIpc) is 3.20. The molecule has 0 atom stereocenters. The fourth-order valence-electron chi connectivity index (χ4n) is 3.70. The topological polar surface area (TPSA) is 47.2 Å². The van der Waals surface area contributed by atoms with Crippen molar-refractivity contribution >= 4 is 16.5 Å². The Morgan fingerprint density at radius 3 is 2.78 bits per heavy atom. The molecule has 2 aromatic rings. The molecule has 4 nitrogen and oxygen atoms in total. The molecule has 1 aromatic heterocycles. The maximum atomic E-state index is 9.20. The summed E-state index contributed by atoms with van der Waals surface area (Å²) < 4.78 is 13.9. The maximum absolute atomic E-state index is 9.20. The second-order valence-corrected chi connectivity index (χ2v) is 6.21. The van der Waals surface area contributed by atoms with E-state index in [0.717, 1.165) is 25.8 Å². The Hall–Kier alpha value is -2.09. The summed E-state index contributed by atoms with van der Waals surface area (Å²) in [5, 5.41) is 10.4. The molecule has 1 aromatic carbocycles. The Morgan fingerprint density at radius 2 is 2.13 bits per heavy atom. The van der Waals surface area contributed by atoms with Gasteiger partial charge in [-0.3, -0.25) is 0 Å². The van der Waals surface area contributed by atoms with E-state index in [0.29, 0.717) is 18.8 Å². The molecule has 4 heteroatoms. The predicted octanol–water partition coefficient (Wildman–Crippen LogP) is 3.84. The molecule has 2 heterocycles. The zero-order chi connectivity index (χ0) is 15.9. The van der Waals surface area contributed by atoms with Crippen LogP contribution in [0, 0.1) is 11.3 Å². The number of ether oxygens (including phenoxy) is 2. The molecule has 23 heavy (non-hydrogen) atoms. The van der Waals surface area contributed by atoms with Gasteiger partial charge in [0, 0.05) is 42.0 Å². The standard InChI is InChI=1S/C19H20N2O2/c1-2-21-13-17(16-11-14(12-20)3-4-18(16)21)15-5-7-19(8-6-15)22-9-10-23-19/h3-5,11,13H,2,6-10H2,1H3. The zero-order valence-electron chi connectivity index (χ0n) is 13.3. The summed E-state index contributed by atoms with van der Waals surface area (Å²) in [5.74, 6) is -0.384. The molecule has 118 valence electrons. The van der Waals surface area contributed by atoms with Gasteiger partial charge in [-0.1, -0.05) is 6.08 Å². The second kappa shape index (κ2) is 5.52. The van der Waals surface area contributed by atoms with Crippen LogP contribution in [0.2, 0.25) is 0 Å². The Bertz CT molecular complexity index is 820. The van der Waals surface area contributed by atoms with Crippen molar-refractivity contribution in [2.24, 2.45) is 0 Å². The van der Waals surface area contributed by atoms with Gasteiger partial charge in [0.2, 0.25) is 0 Å². The highest BCUT2D eigenvalue weighted by atomic mass is 16.7. The number of aromatic nitrogens is 1. The van der Waals surface area contributed by atoms with Gasteiger partial charge >= 0.3 is 0 Å². The smallest absolute Gasteiger partial charge is 0.172 e. The lowest BCUT2D eigenvalue weighted by molar-refractivity contribution is -0.159. The van der Waals surface area contributed by atoms with E-state index in [-0.39, 0.29) is 5.79 Å². The minimum absolute atomic E-state index is 0.384. The van der Waals surface area contributed by atoms with Crippen LogP contribution < -0.4 is 0 Å². The molecule has 1 fully saturated rings. The number of nitriles is 1. The lowest BCUT2D eigenvalue weighted by atomic mass is 9.89. The van der Waals surface area contributed by atoms with Crippen molar-refractivity contribution in [3.63, 3.8) is 0 Å². The largest absolute Gasteiger partial charge is 0.347 e. The van der Waals surface area contributed by atoms with Crippen molar-refractivity contribution in [1.29, 1.82) is 5.26 Å². The van der Waals surface area contributed by atoms with Crippen LogP contribution in [-0.2, 0) is 16.0 Å². The van der Waals surface area contributed by atoms with Crippen LogP contribution in [0.15, 0.2) is 30.5 Å². The first-order valence-corrected chi connectivity index (χ1v) is 8.25. The molecule has 0 N–H and O–H groups in total. The van der Waals surface area contributed by atoms with Crippen LogP contribution in [0.25, 0.3) is 16.5 Å². The Kier molecular flexibility index (Phi) is 3.48. The fraction of sp³-hybridized carbons (Fsp3) is 0.421. The third kappa shape index (κ3) is 2.37. The van der Waals surface area contributed by atoms with E-state index in [1.54, 1.807) is 0 Å². The molecule has 2 aliphatic rings. The van der Waals surface area contributed by atoms with Gasteiger partial charge in [0.15, 0.2) is 5.79 Å². The molecule has 1 spiro atoms. The van der Waals surface area contributed by atoms with Crippen molar-refractivity contribution < 1.29 is 9.47 Å². The summed E-state index contributed by atoms with van der Waals surface area (Å²) >= 11 is 0. The molecule has 1 aliphatic carbocycles. The highest BCUT2D eigenvalue weighted by Gasteiger charge is 2.38. The number of allylic oxidation sites excluding steroid dienone is 1. The highest BCUT2D eigenvalue weighted by molar-refractivity contribution is 5.94. The Balaban J connectivity index is 1.77. The van der Waals surface area contributed by atoms with E-state index in [1.165, 1.54) is 22.0 Å². The fourth-order valence-corrected chi connectivity index (χ4v) is 3.70. The summed E-state index contributed by atoms with van der Waals surface area (Å²) in [7, 11) is 0. The lowest BCUT2D eigenvalue weighted by Gasteiger charge is -2.30. The third-order valence-electron chi connectivity index (χ3n) is 4.95. The minimum atomic E-state index is -0.384. The molecule has 1 saturated heterocycles. The van der Waals surface area contributed by atoms with Crippen molar-refractivity contribution in [3.8, 4) is 6.07 Å². The maximum Gasteiger partial charge on any atom is 0.172 e. The van der Waals surface area contributed by atoms with Crippen LogP contribution in [0.3, 0.4) is 0 Å². The van der Waals surface area contributed by atoms with E-state index in [9.17, 15) is 5.26 Å². The summed E-state index contributed by atoms with van der Waals surface area (Å²) in [5.41, 5.74) is 4.48. The van der Waals surface area contributed by atoms with Crippen LogP contribution >= 0.6 is 0 Å². The number of hydrogen-bond acceptors (Lipinski definition) is 3. The molecular formula is C19H20N2O2. The first-order chi connectivity index (χ1) is 11.2. The minimum Gasteiger partial charge on any atom is -0.347 e. The molecule has 0 amide bonds. The van der Waals surface area contributed by atoms with Gasteiger partial charge in [-0.2, -0.15) is 5.26 Å². The van der Waals surface area contributed by atoms with Gasteiger partial charge in [-0.05, 0) is 37.1 Å². The van der Waals surface area contributed by atoms with Crippen LogP contribution in [0.5, 0.6) is 0 Å². The normalized spacial score (nSPS) is 19.9. The SMILES string of the molecule is CCn1cc(C2=CCC3(CC2)OCCO3)c2cc(C#N)ccc21. The van der Waals surface area contributed by atoms with Crippen molar-refractivity contribution in [2.45, 2.75) is 38.5 Å². The van der Waals surface area contributed by atoms with Crippen LogP contribution in [-0.4, -0.2) is 23.6 Å². The monoisotopic (exact) mass is 308 g/mol. The quantitative estimate of drug-likeness (QED) is 0.846. The van der Waals surface area contributed by atoms with Gasteiger partial charge in [0.05, 0.1) is 24.8 Å². The summed E-state index contributed by atoms with van der Waals surface area (Å²) in [6, 6.07) is 8.19. The molecule has 0 radical (unpaired) electrons. The number of benzene rings is 1. The van der Waals surface area contributed by atoms with Crippen molar-refractivity contribution in [2.75, 3.05) is 13.2 Å². The van der Waals surface area contributed by atoms with Gasteiger partial charge in [-0.25, -0.2) is 0 Å². The molecule has 0 unspecified atom stereocenters. The van der Waals surface area contributed by atoms with Crippen LogP contribution in [0.1, 0.15) is 37.3 Å². The average molecular weight is 308 g/mol. The molecule has 1 aliphatic heterocycles. The molecule has 0 saturated carbocycles. The molecular weight excluding hydrogens is 288 g/mol. The molecule has 0 bridgehead atoms. The summed E-state index contributed by atoms with van der Waals surface area (Å²) in [6.07, 6.45) is 7.11. The highest BCUT2D eigenvalue weighted by Crippen LogP contribution is 2.40. The Morgan fingerprint density at radius 1 is 1.30 bits per heavy atom. The summed E-state index contributed by atoms with van der Waals surface area (Å²) in [4.78, 5) is 0. The van der Waals surface area contributed by atoms with E-state index in [2.05, 4.69) is 35.9 Å². The number of rotatable bonds is 2. The van der Waals surface area contributed by atoms with E-state index in [1.807, 2.05) is 12.1 Å². The van der Waals surface area contributed by atoms with Gasteiger partial charge in [0.1, 0.15) is 0 Å². The third-order valence-corrected chi connectivity index (χ3v) is 4.95. The lowest BCUT2D eigenvalue weighted by Crippen LogP contribution is -2.31. The van der Waals surface area contributed by atoms with Gasteiger partial charge < -0.3 is 14.0 Å². The Labute approximate surface area is 135 Å². The predicted molar refractivity (Wildman–Crippen MR) is 88.8 cm³/mol. The first kappa shape index (κ1) is 14.5. The summed E-state index contributed by atoms with van der Waals surface area (Å²) in [6.45, 7) is 4.46. The van der Waals surface area contributed by atoms with Gasteiger partial charge in [-0.15, -0.1) is 0 Å². The number of fused-ring (bicyclic) bond motifs is 1. The number of hydrogen-bond donors (Lipinski definition) is 0. The van der Waals surface area contributed by atoms with Crippen molar-refractivity contribution in [1.82, 2.24) is 4.57 Å². The molecule has 4 rings (SSSR count). The van der Waals surface area contributed by atoms with Gasteiger partial charge in [0.25, 0.3) is 0 Å². The van der Waals surface area contributed by atoms with Crippen LogP contribution in [0.4, 0.5) is 0 Å². The second-order valence-electron chi connectivity index (χ2n) is 6.21. The van der Waals surface area contributed by atoms with E-state index >= 15 is 0 Å².